The van der Waals surface area contributed by atoms with Crippen molar-refractivity contribution in [3.05, 3.63) is 70.5 Å². The molecule has 0 saturated carbocycles. The SMILES string of the molecule is Cc1cc(/C=C/C(=O)OCC(=O)Nc2ccc(C(N)=O)cc2)c(C)n1-c1nccs1. The molecular weight excluding hydrogens is 404 g/mol. The van der Waals surface area contributed by atoms with Crippen LogP contribution in [0.4, 0.5) is 5.69 Å². The van der Waals surface area contributed by atoms with Crippen LogP contribution in [0.15, 0.2) is 48.0 Å². The molecule has 2 amide bonds. The molecule has 3 aromatic rings. The molecule has 1 aromatic carbocycles. The summed E-state index contributed by atoms with van der Waals surface area (Å²) in [6.07, 6.45) is 4.67. The number of nitrogens with zero attached hydrogens (tertiary/aromatic N) is 2. The van der Waals surface area contributed by atoms with Crippen LogP contribution in [0.3, 0.4) is 0 Å². The van der Waals surface area contributed by atoms with E-state index in [2.05, 4.69) is 10.3 Å². The van der Waals surface area contributed by atoms with Gasteiger partial charge in [0, 0.05) is 40.3 Å². The van der Waals surface area contributed by atoms with Crippen LogP contribution in [0.1, 0.15) is 27.3 Å². The van der Waals surface area contributed by atoms with E-state index < -0.39 is 24.4 Å². The molecule has 0 aliphatic rings. The quantitative estimate of drug-likeness (QED) is 0.447. The monoisotopic (exact) mass is 424 g/mol. The number of carbonyl (C=O) groups excluding carboxylic acids is 3. The van der Waals surface area contributed by atoms with Crippen molar-refractivity contribution >= 4 is 40.9 Å². The molecule has 0 saturated heterocycles. The summed E-state index contributed by atoms with van der Waals surface area (Å²) in [5.41, 5.74) is 8.77. The third-order valence-electron chi connectivity index (χ3n) is 4.28. The van der Waals surface area contributed by atoms with Crippen LogP contribution < -0.4 is 11.1 Å². The minimum absolute atomic E-state index is 0.332. The number of hydrogen-bond acceptors (Lipinski definition) is 6. The minimum atomic E-state index is -0.631. The molecule has 30 heavy (non-hydrogen) atoms. The van der Waals surface area contributed by atoms with Crippen LogP contribution in [0.25, 0.3) is 11.2 Å². The van der Waals surface area contributed by atoms with Gasteiger partial charge in [0.2, 0.25) is 5.91 Å². The summed E-state index contributed by atoms with van der Waals surface area (Å²) in [5, 5.41) is 5.33. The van der Waals surface area contributed by atoms with Gasteiger partial charge in [-0.1, -0.05) is 0 Å². The number of thiazole rings is 1. The van der Waals surface area contributed by atoms with Crippen LogP contribution in [-0.4, -0.2) is 33.9 Å². The van der Waals surface area contributed by atoms with Crippen molar-refractivity contribution in [3.63, 3.8) is 0 Å². The van der Waals surface area contributed by atoms with Crippen LogP contribution in [0.2, 0.25) is 0 Å². The maximum absolute atomic E-state index is 12.0. The number of nitrogens with two attached hydrogens (primary N) is 1. The van der Waals surface area contributed by atoms with E-state index in [9.17, 15) is 14.4 Å². The number of nitrogens with one attached hydrogen (secondary N) is 1. The highest BCUT2D eigenvalue weighted by Gasteiger charge is 2.11. The first-order valence-electron chi connectivity index (χ1n) is 8.98. The molecule has 8 nitrogen and oxygen atoms in total. The Morgan fingerprint density at radius 1 is 1.23 bits per heavy atom. The Kier molecular flexibility index (Phi) is 6.43. The van der Waals surface area contributed by atoms with Gasteiger partial charge in [-0.2, -0.15) is 0 Å². The van der Waals surface area contributed by atoms with E-state index in [1.165, 1.54) is 41.7 Å². The molecule has 9 heteroatoms. The number of anilines is 1. The summed E-state index contributed by atoms with van der Waals surface area (Å²) >= 11 is 1.52. The highest BCUT2D eigenvalue weighted by atomic mass is 32.1. The smallest absolute Gasteiger partial charge is 0.331 e. The number of esters is 1. The van der Waals surface area contributed by atoms with Crippen LogP contribution in [0.5, 0.6) is 0 Å². The normalized spacial score (nSPS) is 10.9. The summed E-state index contributed by atoms with van der Waals surface area (Å²) in [6.45, 7) is 3.47. The lowest BCUT2D eigenvalue weighted by atomic mass is 10.2. The number of hydrogen-bond donors (Lipinski definition) is 2. The Morgan fingerprint density at radius 3 is 2.60 bits per heavy atom. The highest BCUT2D eigenvalue weighted by Crippen LogP contribution is 2.23. The van der Waals surface area contributed by atoms with E-state index >= 15 is 0 Å². The lowest BCUT2D eigenvalue weighted by molar-refractivity contribution is -0.142. The van der Waals surface area contributed by atoms with Gasteiger partial charge in [0.05, 0.1) is 0 Å². The first-order chi connectivity index (χ1) is 14.3. The summed E-state index contributed by atoms with van der Waals surface area (Å²) < 4.78 is 6.99. The Morgan fingerprint density at radius 2 is 1.97 bits per heavy atom. The molecule has 0 aliphatic carbocycles. The minimum Gasteiger partial charge on any atom is -0.452 e. The Labute approximate surface area is 177 Å². The van der Waals surface area contributed by atoms with Crippen LogP contribution >= 0.6 is 11.3 Å². The second-order valence-electron chi connectivity index (χ2n) is 6.41. The maximum atomic E-state index is 12.0. The van der Waals surface area contributed by atoms with Gasteiger partial charge in [0.15, 0.2) is 11.7 Å². The summed E-state index contributed by atoms with van der Waals surface area (Å²) in [6, 6.07) is 8.02. The molecule has 0 spiro atoms. The zero-order chi connectivity index (χ0) is 21.7. The van der Waals surface area contributed by atoms with Gasteiger partial charge in [-0.25, -0.2) is 9.78 Å². The molecule has 3 rings (SSSR count). The zero-order valence-corrected chi connectivity index (χ0v) is 17.2. The predicted octanol–water partition coefficient (Wildman–Crippen LogP) is 2.84. The molecule has 2 heterocycles. The fourth-order valence-electron chi connectivity index (χ4n) is 2.83. The van der Waals surface area contributed by atoms with Crippen LogP contribution in [-0.2, 0) is 14.3 Å². The maximum Gasteiger partial charge on any atom is 0.331 e. The highest BCUT2D eigenvalue weighted by molar-refractivity contribution is 7.12. The van der Waals surface area contributed by atoms with Gasteiger partial charge in [-0.3, -0.25) is 14.2 Å². The molecule has 0 bridgehead atoms. The molecule has 0 atom stereocenters. The molecule has 2 aromatic heterocycles. The molecule has 0 unspecified atom stereocenters. The third kappa shape index (κ3) is 5.00. The van der Waals surface area contributed by atoms with Crippen molar-refractivity contribution < 1.29 is 19.1 Å². The van der Waals surface area contributed by atoms with Crippen LogP contribution in [0, 0.1) is 13.8 Å². The average Bonchev–Trinajstić information content (AvgIpc) is 3.33. The number of amides is 2. The fourth-order valence-corrected chi connectivity index (χ4v) is 3.59. The van der Waals surface area contributed by atoms with Crippen molar-refractivity contribution in [3.8, 4) is 5.13 Å². The standard InChI is InChI=1S/C21H20N4O4S/c1-13-11-16(14(2)25(13)21-23-9-10-30-21)5-8-19(27)29-12-18(26)24-17-6-3-15(4-7-17)20(22)28/h3-11H,12H2,1-2H3,(H2,22,28)(H,24,26)/b8-5+. The average molecular weight is 424 g/mol. The Hall–Kier alpha value is -3.72. The fraction of sp³-hybridized carbons (Fsp3) is 0.143. The third-order valence-corrected chi connectivity index (χ3v) is 5.04. The summed E-state index contributed by atoms with van der Waals surface area (Å²) in [5.74, 6) is -1.68. The lowest BCUT2D eigenvalue weighted by Crippen LogP contribution is -2.20. The predicted molar refractivity (Wildman–Crippen MR) is 114 cm³/mol. The van der Waals surface area contributed by atoms with Crippen molar-refractivity contribution in [1.82, 2.24) is 9.55 Å². The zero-order valence-electron chi connectivity index (χ0n) is 16.4. The van der Waals surface area contributed by atoms with Crippen molar-refractivity contribution in [2.75, 3.05) is 11.9 Å². The van der Waals surface area contributed by atoms with Gasteiger partial charge in [0.25, 0.3) is 5.91 Å². The largest absolute Gasteiger partial charge is 0.452 e. The lowest BCUT2D eigenvalue weighted by Gasteiger charge is -2.06. The second-order valence-corrected chi connectivity index (χ2v) is 7.28. The Balaban J connectivity index is 1.54. The van der Waals surface area contributed by atoms with Gasteiger partial charge in [-0.15, -0.1) is 11.3 Å². The van der Waals surface area contributed by atoms with E-state index in [1.807, 2.05) is 29.9 Å². The second kappa shape index (κ2) is 9.19. The molecule has 0 radical (unpaired) electrons. The number of carbonyl (C=O) groups is 3. The van der Waals surface area contributed by atoms with Crippen molar-refractivity contribution in [2.45, 2.75) is 13.8 Å². The number of benzene rings is 1. The van der Waals surface area contributed by atoms with Gasteiger partial charge in [-0.05, 0) is 55.8 Å². The number of rotatable bonds is 7. The number of aryl methyl sites for hydroxylation is 1. The van der Waals surface area contributed by atoms with Crippen molar-refractivity contribution in [1.29, 1.82) is 0 Å². The molecule has 154 valence electrons. The van der Waals surface area contributed by atoms with Gasteiger partial charge in [0.1, 0.15) is 0 Å². The Bertz CT molecular complexity index is 1100. The number of aromatic nitrogens is 2. The first kappa shape index (κ1) is 21.0. The number of ether oxygens (including phenoxy) is 1. The first-order valence-corrected chi connectivity index (χ1v) is 9.86. The van der Waals surface area contributed by atoms with E-state index in [-0.39, 0.29) is 0 Å². The van der Waals surface area contributed by atoms with E-state index in [4.69, 9.17) is 10.5 Å². The molecule has 3 N–H and O–H groups in total. The number of primary amides is 1. The van der Waals surface area contributed by atoms with Crippen molar-refractivity contribution in [2.24, 2.45) is 5.73 Å². The summed E-state index contributed by atoms with van der Waals surface area (Å²) in [4.78, 5) is 39.3. The molecule has 0 aliphatic heterocycles. The van der Waals surface area contributed by atoms with E-state index in [0.717, 1.165) is 22.1 Å². The topological polar surface area (TPSA) is 116 Å². The summed E-state index contributed by atoms with van der Waals surface area (Å²) in [7, 11) is 0. The molecular formula is C21H20N4O4S. The van der Waals surface area contributed by atoms with Gasteiger partial charge >= 0.3 is 5.97 Å². The molecule has 0 fully saturated rings. The van der Waals surface area contributed by atoms with Gasteiger partial charge < -0.3 is 15.8 Å². The van der Waals surface area contributed by atoms with E-state index in [1.54, 1.807) is 12.3 Å². The van der Waals surface area contributed by atoms with E-state index in [0.29, 0.717) is 11.3 Å².